The maximum Gasteiger partial charge on any atom is 0.336 e. The van der Waals surface area contributed by atoms with Gasteiger partial charge in [0.1, 0.15) is 5.75 Å². The predicted molar refractivity (Wildman–Crippen MR) is 147 cm³/mol. The molecule has 0 aliphatic carbocycles. The summed E-state index contributed by atoms with van der Waals surface area (Å²) in [5.74, 6) is -0.488. The Kier molecular flexibility index (Phi) is 9.40. The van der Waals surface area contributed by atoms with Crippen LogP contribution < -0.4 is 4.74 Å². The fraction of sp³-hybridized carbons (Fsp3) is 0.500. The van der Waals surface area contributed by atoms with Crippen LogP contribution in [-0.2, 0) is 15.3 Å². The number of carboxylic acids is 1. The van der Waals surface area contributed by atoms with Crippen molar-refractivity contribution in [2.75, 3.05) is 12.4 Å². The molecule has 0 atom stereocenters. The van der Waals surface area contributed by atoms with E-state index in [4.69, 9.17) is 4.74 Å². The molecule has 196 valence electrons. The molecule has 5 nitrogen and oxygen atoms in total. The van der Waals surface area contributed by atoms with Gasteiger partial charge in [0.2, 0.25) is 0 Å². The third-order valence-corrected chi connectivity index (χ3v) is 8.89. The first-order valence-electron chi connectivity index (χ1n) is 13.2. The number of aromatic carboxylic acids is 1. The van der Waals surface area contributed by atoms with E-state index in [9.17, 15) is 18.3 Å². The Labute approximate surface area is 216 Å². The van der Waals surface area contributed by atoms with Gasteiger partial charge in [0.25, 0.3) is 0 Å². The first-order valence-corrected chi connectivity index (χ1v) is 14.8. The van der Waals surface area contributed by atoms with Gasteiger partial charge in [-0.1, -0.05) is 77.2 Å². The highest BCUT2D eigenvalue weighted by molar-refractivity contribution is 7.91. The van der Waals surface area contributed by atoms with E-state index in [1.807, 2.05) is 31.2 Å². The Morgan fingerprint density at radius 2 is 1.83 bits per heavy atom. The average molecular weight is 513 g/mol. The molecule has 1 aliphatic rings. The Hall–Kier alpha value is -2.60. The summed E-state index contributed by atoms with van der Waals surface area (Å²) in [6, 6.07) is 8.74. The summed E-state index contributed by atoms with van der Waals surface area (Å²) in [6.07, 6.45) is 11.7. The van der Waals surface area contributed by atoms with Crippen molar-refractivity contribution in [2.45, 2.75) is 89.4 Å². The number of carboxylic acid groups (broad SMARTS) is 1. The van der Waals surface area contributed by atoms with Crippen LogP contribution in [-0.4, -0.2) is 31.9 Å². The second kappa shape index (κ2) is 12.1. The van der Waals surface area contributed by atoms with Gasteiger partial charge in [-0.25, -0.2) is 13.2 Å². The van der Waals surface area contributed by atoms with Crippen LogP contribution in [0.3, 0.4) is 0 Å². The number of carbonyl (C=O) groups is 1. The fourth-order valence-electron chi connectivity index (χ4n) is 5.04. The molecule has 2 aromatic rings. The smallest absolute Gasteiger partial charge is 0.336 e. The third-order valence-electron chi connectivity index (χ3n) is 7.06. The van der Waals surface area contributed by atoms with E-state index < -0.39 is 15.8 Å². The number of fused-ring (bicyclic) bond motifs is 1. The lowest BCUT2D eigenvalue weighted by Crippen LogP contribution is -2.18. The number of allylic oxidation sites excluding steroid dienone is 1. The zero-order chi connectivity index (χ0) is 26.3. The Bertz CT molecular complexity index is 1210. The van der Waals surface area contributed by atoms with E-state index in [2.05, 4.69) is 20.8 Å². The Balaban J connectivity index is 2.17. The van der Waals surface area contributed by atoms with E-state index in [0.717, 1.165) is 36.8 Å². The van der Waals surface area contributed by atoms with E-state index in [1.54, 1.807) is 18.2 Å². The minimum absolute atomic E-state index is 0.106. The largest absolute Gasteiger partial charge is 0.493 e. The van der Waals surface area contributed by atoms with Crippen LogP contribution in [0.4, 0.5) is 0 Å². The zero-order valence-corrected chi connectivity index (χ0v) is 22.9. The van der Waals surface area contributed by atoms with Crippen molar-refractivity contribution in [1.29, 1.82) is 0 Å². The van der Waals surface area contributed by atoms with E-state index in [1.165, 1.54) is 19.3 Å². The molecule has 6 heteroatoms. The van der Waals surface area contributed by atoms with Gasteiger partial charge in [0.05, 0.1) is 22.8 Å². The molecule has 1 aliphatic heterocycles. The number of unbranched alkanes of at least 4 members (excludes halogenated alkanes) is 5. The van der Waals surface area contributed by atoms with Crippen LogP contribution in [0.1, 0.15) is 101 Å². The quantitative estimate of drug-likeness (QED) is 0.312. The lowest BCUT2D eigenvalue weighted by Gasteiger charge is -2.27. The van der Waals surface area contributed by atoms with Gasteiger partial charge in [0, 0.05) is 11.1 Å². The van der Waals surface area contributed by atoms with Crippen molar-refractivity contribution >= 4 is 21.9 Å². The Morgan fingerprint density at radius 1 is 1.11 bits per heavy atom. The molecule has 0 radical (unpaired) electrons. The normalized spacial score (nSPS) is 16.4. The molecule has 0 fully saturated rings. The zero-order valence-electron chi connectivity index (χ0n) is 22.1. The lowest BCUT2D eigenvalue weighted by molar-refractivity contribution is 0.0697. The van der Waals surface area contributed by atoms with Crippen LogP contribution in [0.5, 0.6) is 5.75 Å². The molecule has 0 spiro atoms. The number of ether oxygens (including phenoxy) is 1. The second-order valence-corrected chi connectivity index (χ2v) is 12.4. The molecule has 1 N–H and O–H groups in total. The summed E-state index contributed by atoms with van der Waals surface area (Å²) >= 11 is 0. The van der Waals surface area contributed by atoms with Gasteiger partial charge in [0.15, 0.2) is 9.84 Å². The molecule has 0 aromatic heterocycles. The third kappa shape index (κ3) is 6.39. The summed E-state index contributed by atoms with van der Waals surface area (Å²) in [4.78, 5) is 12.6. The molecule has 0 saturated carbocycles. The minimum atomic E-state index is -3.47. The first kappa shape index (κ1) is 28.0. The summed E-state index contributed by atoms with van der Waals surface area (Å²) in [6.45, 7) is 8.65. The van der Waals surface area contributed by atoms with Gasteiger partial charge < -0.3 is 9.84 Å². The number of rotatable bonds is 11. The maximum absolute atomic E-state index is 13.2. The van der Waals surface area contributed by atoms with E-state index >= 15 is 0 Å². The van der Waals surface area contributed by atoms with E-state index in [-0.39, 0.29) is 16.7 Å². The van der Waals surface area contributed by atoms with Crippen LogP contribution in [0.25, 0.3) is 17.2 Å². The van der Waals surface area contributed by atoms with Gasteiger partial charge in [-0.05, 0) is 60.9 Å². The lowest BCUT2D eigenvalue weighted by atomic mass is 9.79. The molecular formula is C30H40O5S. The van der Waals surface area contributed by atoms with Crippen molar-refractivity contribution in [2.24, 2.45) is 0 Å². The SMILES string of the molecule is CC=Cc1cccc(C(=O)O)c1-c1cc2c(cc1OCCCCCCCC)S(=O)(=O)CCCC2(C)C. The molecule has 0 unspecified atom stereocenters. The number of hydrogen-bond acceptors (Lipinski definition) is 4. The second-order valence-electron chi connectivity index (χ2n) is 10.3. The first-order chi connectivity index (χ1) is 17.1. The van der Waals surface area contributed by atoms with Gasteiger partial charge in [-0.15, -0.1) is 0 Å². The monoisotopic (exact) mass is 512 g/mol. The van der Waals surface area contributed by atoms with Crippen molar-refractivity contribution in [3.63, 3.8) is 0 Å². The summed E-state index contributed by atoms with van der Waals surface area (Å²) in [5, 5.41) is 10.0. The van der Waals surface area contributed by atoms with Gasteiger partial charge in [-0.2, -0.15) is 0 Å². The molecule has 2 aromatic carbocycles. The van der Waals surface area contributed by atoms with Gasteiger partial charge >= 0.3 is 5.97 Å². The molecule has 3 rings (SSSR count). The number of hydrogen-bond donors (Lipinski definition) is 1. The van der Waals surface area contributed by atoms with Crippen molar-refractivity contribution in [1.82, 2.24) is 0 Å². The van der Waals surface area contributed by atoms with Crippen LogP contribution in [0.15, 0.2) is 41.3 Å². The van der Waals surface area contributed by atoms with Crippen LogP contribution in [0, 0.1) is 0 Å². The van der Waals surface area contributed by atoms with Crippen LogP contribution >= 0.6 is 0 Å². The van der Waals surface area contributed by atoms with Crippen LogP contribution in [0.2, 0.25) is 0 Å². The maximum atomic E-state index is 13.2. The predicted octanol–water partition coefficient (Wildman–Crippen LogP) is 7.67. The number of benzene rings is 2. The number of sulfone groups is 1. The van der Waals surface area contributed by atoms with Crippen molar-refractivity contribution in [3.8, 4) is 16.9 Å². The van der Waals surface area contributed by atoms with E-state index in [0.29, 0.717) is 34.8 Å². The minimum Gasteiger partial charge on any atom is -0.493 e. The molecule has 0 amide bonds. The highest BCUT2D eigenvalue weighted by Crippen LogP contribution is 2.45. The summed E-state index contributed by atoms with van der Waals surface area (Å²) < 4.78 is 32.7. The average Bonchev–Trinajstić information content (AvgIpc) is 2.91. The molecule has 0 bridgehead atoms. The Morgan fingerprint density at radius 3 is 2.53 bits per heavy atom. The fourth-order valence-corrected chi connectivity index (χ4v) is 6.74. The topological polar surface area (TPSA) is 80.7 Å². The van der Waals surface area contributed by atoms with Gasteiger partial charge in [-0.3, -0.25) is 0 Å². The molecule has 1 heterocycles. The molecule has 36 heavy (non-hydrogen) atoms. The summed E-state index contributed by atoms with van der Waals surface area (Å²) in [5.41, 5.74) is 2.48. The summed E-state index contributed by atoms with van der Waals surface area (Å²) in [7, 11) is -3.47. The standard InChI is InChI=1S/C30H40O5S/c1-5-7-8-9-10-11-18-35-26-21-27-25(30(3,4)17-13-19-36(27,33)34)20-24(26)28-22(14-6-2)15-12-16-23(28)29(31)32/h6,12,14-16,20-21H,5,7-11,13,17-19H2,1-4H3,(H,31,32). The molecule has 0 saturated heterocycles. The van der Waals surface area contributed by atoms with Crippen molar-refractivity contribution < 1.29 is 23.1 Å². The van der Waals surface area contributed by atoms with Crippen molar-refractivity contribution in [3.05, 3.63) is 53.1 Å². The molecular weight excluding hydrogens is 472 g/mol. The highest BCUT2D eigenvalue weighted by atomic mass is 32.2. The highest BCUT2D eigenvalue weighted by Gasteiger charge is 2.35.